The Morgan fingerprint density at radius 2 is 2.10 bits per heavy atom. The van der Waals surface area contributed by atoms with Gasteiger partial charge in [0.2, 0.25) is 0 Å². The Morgan fingerprint density at radius 1 is 1.24 bits per heavy atom. The Hall–Kier alpha value is -2.46. The van der Waals surface area contributed by atoms with Gasteiger partial charge in [-0.15, -0.1) is 0 Å². The predicted molar refractivity (Wildman–Crippen MR) is 83.7 cm³/mol. The highest BCUT2D eigenvalue weighted by Crippen LogP contribution is 2.24. The topological polar surface area (TPSA) is 54.9 Å². The minimum Gasteiger partial charge on any atom is -0.321 e. The van der Waals surface area contributed by atoms with Gasteiger partial charge in [-0.1, -0.05) is 23.7 Å². The van der Waals surface area contributed by atoms with E-state index in [1.165, 1.54) is 6.20 Å². The highest BCUT2D eigenvalue weighted by Gasteiger charge is 2.12. The normalized spacial score (nSPS) is 10.6. The number of benzene rings is 1. The van der Waals surface area contributed by atoms with Crippen LogP contribution in [0.5, 0.6) is 0 Å². The van der Waals surface area contributed by atoms with Crippen LogP contribution in [0.1, 0.15) is 16.1 Å². The molecule has 1 N–H and O–H groups in total. The van der Waals surface area contributed by atoms with E-state index in [0.717, 1.165) is 22.2 Å². The molecule has 0 aliphatic heterocycles. The molecule has 104 valence electrons. The smallest absolute Gasteiger partial charge is 0.258 e. The average Bonchev–Trinajstić information content (AvgIpc) is 2.47. The number of aromatic nitrogens is 2. The van der Waals surface area contributed by atoms with Crippen LogP contribution in [-0.4, -0.2) is 15.9 Å². The molecule has 3 rings (SSSR count). The molecule has 4 nitrogen and oxygen atoms in total. The first-order valence-electron chi connectivity index (χ1n) is 6.41. The zero-order valence-corrected chi connectivity index (χ0v) is 12.1. The Labute approximate surface area is 126 Å². The number of hydrogen-bond acceptors (Lipinski definition) is 3. The lowest BCUT2D eigenvalue weighted by molar-refractivity contribution is 0.102. The number of nitrogens with one attached hydrogen (secondary N) is 1. The molecule has 2 heterocycles. The summed E-state index contributed by atoms with van der Waals surface area (Å²) < 4.78 is 0. The second kappa shape index (κ2) is 5.50. The van der Waals surface area contributed by atoms with E-state index < -0.39 is 0 Å². The van der Waals surface area contributed by atoms with Crippen molar-refractivity contribution in [2.24, 2.45) is 0 Å². The van der Waals surface area contributed by atoms with Crippen LogP contribution in [0.2, 0.25) is 5.02 Å². The fourth-order valence-electron chi connectivity index (χ4n) is 2.11. The molecule has 1 aromatic carbocycles. The van der Waals surface area contributed by atoms with E-state index in [0.29, 0.717) is 10.6 Å². The molecular weight excluding hydrogens is 286 g/mol. The van der Waals surface area contributed by atoms with Gasteiger partial charge < -0.3 is 5.32 Å². The van der Waals surface area contributed by atoms with Crippen molar-refractivity contribution in [3.8, 4) is 0 Å². The van der Waals surface area contributed by atoms with Gasteiger partial charge in [-0.3, -0.25) is 14.8 Å². The predicted octanol–water partition coefficient (Wildman–Crippen LogP) is 3.84. The lowest BCUT2D eigenvalue weighted by Crippen LogP contribution is -2.13. The molecule has 0 saturated carbocycles. The summed E-state index contributed by atoms with van der Waals surface area (Å²) in [6, 6.07) is 9.19. The Morgan fingerprint density at radius 3 is 2.90 bits per heavy atom. The van der Waals surface area contributed by atoms with Crippen LogP contribution in [0.3, 0.4) is 0 Å². The number of fused-ring (bicyclic) bond motifs is 1. The summed E-state index contributed by atoms with van der Waals surface area (Å²) in [4.78, 5) is 20.5. The van der Waals surface area contributed by atoms with E-state index in [4.69, 9.17) is 11.6 Å². The van der Waals surface area contributed by atoms with Crippen molar-refractivity contribution >= 4 is 34.0 Å². The summed E-state index contributed by atoms with van der Waals surface area (Å²) >= 11 is 6.10. The average molecular weight is 298 g/mol. The number of anilines is 1. The summed E-state index contributed by atoms with van der Waals surface area (Å²) in [5, 5.41) is 5.15. The van der Waals surface area contributed by atoms with Crippen molar-refractivity contribution in [2.45, 2.75) is 6.92 Å². The van der Waals surface area contributed by atoms with Gasteiger partial charge in [0.1, 0.15) is 0 Å². The fourth-order valence-corrected chi connectivity index (χ4v) is 2.41. The Balaban J connectivity index is 1.97. The van der Waals surface area contributed by atoms with Crippen LogP contribution in [0.15, 0.2) is 48.9 Å². The molecule has 0 aliphatic rings. The molecule has 3 aromatic rings. The Bertz CT molecular complexity index is 827. The van der Waals surface area contributed by atoms with Crippen LogP contribution in [0.25, 0.3) is 10.8 Å². The zero-order valence-electron chi connectivity index (χ0n) is 11.3. The van der Waals surface area contributed by atoms with E-state index >= 15 is 0 Å². The second-order valence-corrected chi connectivity index (χ2v) is 5.07. The fraction of sp³-hybridized carbons (Fsp3) is 0.0625. The molecule has 0 unspecified atom stereocenters. The van der Waals surface area contributed by atoms with E-state index in [-0.39, 0.29) is 5.91 Å². The third-order valence-electron chi connectivity index (χ3n) is 3.16. The molecule has 2 aromatic heterocycles. The van der Waals surface area contributed by atoms with Crippen molar-refractivity contribution < 1.29 is 4.79 Å². The van der Waals surface area contributed by atoms with Crippen LogP contribution < -0.4 is 5.32 Å². The van der Waals surface area contributed by atoms with Gasteiger partial charge in [0, 0.05) is 40.7 Å². The zero-order chi connectivity index (χ0) is 14.8. The highest BCUT2D eigenvalue weighted by molar-refractivity contribution is 6.34. The van der Waals surface area contributed by atoms with E-state index in [1.807, 2.05) is 31.2 Å². The van der Waals surface area contributed by atoms with Crippen molar-refractivity contribution in [2.75, 3.05) is 5.32 Å². The van der Waals surface area contributed by atoms with Gasteiger partial charge in [-0.2, -0.15) is 0 Å². The Kier molecular flexibility index (Phi) is 3.54. The third kappa shape index (κ3) is 2.71. The first kappa shape index (κ1) is 13.5. The number of halogens is 1. The van der Waals surface area contributed by atoms with Crippen LogP contribution in [0, 0.1) is 6.92 Å². The molecular formula is C16H12ClN3O. The maximum atomic E-state index is 12.3. The minimum absolute atomic E-state index is 0.281. The van der Waals surface area contributed by atoms with Gasteiger partial charge in [0.25, 0.3) is 5.91 Å². The van der Waals surface area contributed by atoms with E-state index in [2.05, 4.69) is 15.3 Å². The highest BCUT2D eigenvalue weighted by atomic mass is 35.5. The molecule has 0 aliphatic carbocycles. The van der Waals surface area contributed by atoms with Crippen LogP contribution in [0.4, 0.5) is 5.69 Å². The number of pyridine rings is 2. The number of carbonyl (C=O) groups is 1. The first-order chi connectivity index (χ1) is 10.1. The maximum absolute atomic E-state index is 12.3. The molecule has 0 spiro atoms. The lowest BCUT2D eigenvalue weighted by Gasteiger charge is -2.09. The first-order valence-corrected chi connectivity index (χ1v) is 6.79. The number of nitrogens with zero attached hydrogens (tertiary/aromatic N) is 2. The van der Waals surface area contributed by atoms with Crippen molar-refractivity contribution in [3.63, 3.8) is 0 Å². The van der Waals surface area contributed by atoms with Crippen molar-refractivity contribution in [1.29, 1.82) is 0 Å². The summed E-state index contributed by atoms with van der Waals surface area (Å²) in [7, 11) is 0. The number of carbonyl (C=O) groups excluding carboxylic acids is 1. The lowest BCUT2D eigenvalue weighted by atomic mass is 10.1. The van der Waals surface area contributed by atoms with Crippen LogP contribution >= 0.6 is 11.6 Å². The molecule has 5 heteroatoms. The van der Waals surface area contributed by atoms with E-state index in [1.54, 1.807) is 18.5 Å². The van der Waals surface area contributed by atoms with Gasteiger partial charge in [-0.05, 0) is 25.1 Å². The molecule has 21 heavy (non-hydrogen) atoms. The number of amides is 1. The van der Waals surface area contributed by atoms with Crippen molar-refractivity contribution in [3.05, 3.63) is 65.2 Å². The van der Waals surface area contributed by atoms with Gasteiger partial charge in [-0.25, -0.2) is 0 Å². The summed E-state index contributed by atoms with van der Waals surface area (Å²) in [5.74, 6) is -0.281. The number of aryl methyl sites for hydroxylation is 1. The summed E-state index contributed by atoms with van der Waals surface area (Å²) in [6.07, 6.45) is 4.93. The van der Waals surface area contributed by atoms with Gasteiger partial charge >= 0.3 is 0 Å². The SMILES string of the molecule is Cc1cc(Cl)c(C(=O)Nc2cccc3cnccc23)cn1. The molecule has 0 atom stereocenters. The third-order valence-corrected chi connectivity index (χ3v) is 3.48. The van der Waals surface area contributed by atoms with Gasteiger partial charge in [0.15, 0.2) is 0 Å². The van der Waals surface area contributed by atoms with Crippen molar-refractivity contribution in [1.82, 2.24) is 9.97 Å². The standard InChI is InChI=1S/C16H12ClN3O/c1-10-7-14(17)13(9-19-10)16(21)20-15-4-2-3-11-8-18-6-5-12(11)15/h2-9H,1H3,(H,20,21). The largest absolute Gasteiger partial charge is 0.321 e. The summed E-state index contributed by atoms with van der Waals surface area (Å²) in [6.45, 7) is 1.82. The second-order valence-electron chi connectivity index (χ2n) is 4.66. The molecule has 0 bridgehead atoms. The number of hydrogen-bond donors (Lipinski definition) is 1. The molecule has 0 fully saturated rings. The van der Waals surface area contributed by atoms with Gasteiger partial charge in [0.05, 0.1) is 10.6 Å². The molecule has 0 saturated heterocycles. The maximum Gasteiger partial charge on any atom is 0.258 e. The summed E-state index contributed by atoms with van der Waals surface area (Å²) in [5.41, 5.74) is 1.85. The van der Waals surface area contributed by atoms with Crippen LogP contribution in [-0.2, 0) is 0 Å². The van der Waals surface area contributed by atoms with E-state index in [9.17, 15) is 4.79 Å². The molecule has 1 amide bonds. The quantitative estimate of drug-likeness (QED) is 0.782. The minimum atomic E-state index is -0.281. The number of rotatable bonds is 2. The molecule has 0 radical (unpaired) electrons. The monoisotopic (exact) mass is 297 g/mol.